The Morgan fingerprint density at radius 3 is 2.65 bits per heavy atom. The number of halogens is 1. The topological polar surface area (TPSA) is 38.5 Å². The van der Waals surface area contributed by atoms with E-state index >= 15 is 0 Å². The van der Waals surface area contributed by atoms with Crippen LogP contribution >= 0.6 is 15.9 Å². The molecule has 0 spiro atoms. The third kappa shape index (κ3) is 4.66. The van der Waals surface area contributed by atoms with Crippen molar-refractivity contribution < 1.29 is 4.74 Å². The van der Waals surface area contributed by atoms with Crippen LogP contribution in [-0.4, -0.2) is 26.3 Å². The Hall–Kier alpha value is -0.580. The molecule has 17 heavy (non-hydrogen) atoms. The number of hydrogen-bond acceptors (Lipinski definition) is 3. The Morgan fingerprint density at radius 2 is 2.06 bits per heavy atom. The molecule has 0 heterocycles. The summed E-state index contributed by atoms with van der Waals surface area (Å²) in [4.78, 5) is 2.29. The van der Waals surface area contributed by atoms with Crippen molar-refractivity contribution in [2.24, 2.45) is 5.73 Å². The lowest BCUT2D eigenvalue weighted by Crippen LogP contribution is -2.27. The largest absolute Gasteiger partial charge is 0.380 e. The molecule has 1 aromatic carbocycles. The molecule has 0 aliphatic carbocycles. The first kappa shape index (κ1) is 14.5. The Morgan fingerprint density at radius 1 is 1.29 bits per heavy atom. The van der Waals surface area contributed by atoms with E-state index in [1.807, 2.05) is 6.92 Å². The van der Waals surface area contributed by atoms with Crippen LogP contribution in [0.15, 0.2) is 22.7 Å². The Labute approximate surface area is 112 Å². The normalized spacial score (nSPS) is 10.6. The number of benzene rings is 1. The lowest BCUT2D eigenvalue weighted by atomic mass is 10.2. The van der Waals surface area contributed by atoms with Crippen molar-refractivity contribution in [2.45, 2.75) is 20.4 Å². The average molecular weight is 301 g/mol. The van der Waals surface area contributed by atoms with Crippen LogP contribution in [0, 0.1) is 0 Å². The van der Waals surface area contributed by atoms with Gasteiger partial charge in [-0.1, -0.05) is 15.9 Å². The molecule has 3 nitrogen and oxygen atoms in total. The van der Waals surface area contributed by atoms with Gasteiger partial charge in [-0.25, -0.2) is 0 Å². The van der Waals surface area contributed by atoms with Crippen molar-refractivity contribution in [3.05, 3.63) is 28.2 Å². The summed E-state index contributed by atoms with van der Waals surface area (Å²) in [6.45, 7) is 8.13. The summed E-state index contributed by atoms with van der Waals surface area (Å²) in [5, 5.41) is 0. The fourth-order valence-corrected chi connectivity index (χ4v) is 2.25. The van der Waals surface area contributed by atoms with Crippen LogP contribution in [0.4, 0.5) is 5.69 Å². The van der Waals surface area contributed by atoms with Gasteiger partial charge in [0.15, 0.2) is 0 Å². The molecule has 1 aromatic rings. The first-order chi connectivity index (χ1) is 8.21. The van der Waals surface area contributed by atoms with Crippen molar-refractivity contribution in [3.8, 4) is 0 Å². The van der Waals surface area contributed by atoms with Crippen LogP contribution in [0.1, 0.15) is 19.4 Å². The van der Waals surface area contributed by atoms with E-state index in [0.717, 1.165) is 36.3 Å². The minimum absolute atomic E-state index is 0.565. The molecule has 1 rings (SSSR count). The molecule has 0 saturated carbocycles. The first-order valence-corrected chi connectivity index (χ1v) is 6.82. The van der Waals surface area contributed by atoms with Gasteiger partial charge in [0.05, 0.1) is 6.61 Å². The van der Waals surface area contributed by atoms with Crippen LogP contribution in [0.3, 0.4) is 0 Å². The summed E-state index contributed by atoms with van der Waals surface area (Å²) in [6.07, 6.45) is 0. The summed E-state index contributed by atoms with van der Waals surface area (Å²) >= 11 is 3.52. The highest BCUT2D eigenvalue weighted by Gasteiger charge is 2.06. The number of nitrogens with zero attached hydrogens (tertiary/aromatic N) is 1. The van der Waals surface area contributed by atoms with Gasteiger partial charge in [0, 0.05) is 36.4 Å². The molecule has 0 unspecified atom stereocenters. The Balaban J connectivity index is 2.76. The van der Waals surface area contributed by atoms with Crippen molar-refractivity contribution >= 4 is 21.6 Å². The Kier molecular flexibility index (Phi) is 6.55. The summed E-state index contributed by atoms with van der Waals surface area (Å²) in [5.41, 5.74) is 8.03. The van der Waals surface area contributed by atoms with Crippen LogP contribution in [-0.2, 0) is 11.3 Å². The van der Waals surface area contributed by atoms with Gasteiger partial charge in [-0.3, -0.25) is 0 Å². The van der Waals surface area contributed by atoms with Gasteiger partial charge in [-0.15, -0.1) is 0 Å². The second-order valence-electron chi connectivity index (χ2n) is 3.80. The van der Waals surface area contributed by atoms with Crippen LogP contribution < -0.4 is 10.6 Å². The molecule has 0 fully saturated rings. The van der Waals surface area contributed by atoms with E-state index in [0.29, 0.717) is 6.54 Å². The zero-order valence-electron chi connectivity index (χ0n) is 10.6. The molecule has 4 heteroatoms. The fourth-order valence-electron chi connectivity index (χ4n) is 1.72. The van der Waals surface area contributed by atoms with Gasteiger partial charge in [0.1, 0.15) is 0 Å². The van der Waals surface area contributed by atoms with E-state index < -0.39 is 0 Å². The predicted octanol–water partition coefficient (Wildman–Crippen LogP) is 2.77. The lowest BCUT2D eigenvalue weighted by molar-refractivity contribution is 0.154. The molecule has 0 aliphatic rings. The summed E-state index contributed by atoms with van der Waals surface area (Å²) in [5.74, 6) is 0. The Bertz CT molecular complexity index is 344. The molecule has 0 bridgehead atoms. The average Bonchev–Trinajstić information content (AvgIpc) is 2.34. The zero-order valence-corrected chi connectivity index (χ0v) is 12.2. The van der Waals surface area contributed by atoms with Gasteiger partial charge in [-0.05, 0) is 37.6 Å². The van der Waals surface area contributed by atoms with Crippen LogP contribution in [0.5, 0.6) is 0 Å². The molecule has 96 valence electrons. The number of likely N-dealkylation sites (N-methyl/N-ethyl adjacent to an activating group) is 1. The molecule has 2 N–H and O–H groups in total. The maximum absolute atomic E-state index is 5.69. The number of hydrogen-bond donors (Lipinski definition) is 1. The number of nitrogens with two attached hydrogens (primary N) is 1. The standard InChI is InChI=1S/C13H21BrN2O/c1-3-16(5-6-17-4-2)13-8-11(10-15)7-12(14)9-13/h7-9H,3-6,10,15H2,1-2H3. The van der Waals surface area contributed by atoms with Gasteiger partial charge in [0.25, 0.3) is 0 Å². The van der Waals surface area contributed by atoms with E-state index in [4.69, 9.17) is 10.5 Å². The van der Waals surface area contributed by atoms with E-state index in [1.165, 1.54) is 5.69 Å². The second-order valence-corrected chi connectivity index (χ2v) is 4.71. The van der Waals surface area contributed by atoms with Gasteiger partial charge in [-0.2, -0.15) is 0 Å². The maximum Gasteiger partial charge on any atom is 0.0641 e. The third-order valence-corrected chi connectivity index (χ3v) is 3.09. The fraction of sp³-hybridized carbons (Fsp3) is 0.538. The minimum atomic E-state index is 0.565. The smallest absolute Gasteiger partial charge is 0.0641 e. The molecule has 0 amide bonds. The van der Waals surface area contributed by atoms with E-state index in [9.17, 15) is 0 Å². The highest BCUT2D eigenvalue weighted by Crippen LogP contribution is 2.22. The maximum atomic E-state index is 5.69. The quantitative estimate of drug-likeness (QED) is 0.787. The highest BCUT2D eigenvalue weighted by atomic mass is 79.9. The molecule has 0 saturated heterocycles. The summed E-state index contributed by atoms with van der Waals surface area (Å²) < 4.78 is 6.47. The monoisotopic (exact) mass is 300 g/mol. The lowest BCUT2D eigenvalue weighted by Gasteiger charge is -2.23. The molecule has 0 aromatic heterocycles. The van der Waals surface area contributed by atoms with Crippen LogP contribution in [0.2, 0.25) is 0 Å². The summed E-state index contributed by atoms with van der Waals surface area (Å²) in [6, 6.07) is 6.31. The molecular formula is C13H21BrN2O. The van der Waals surface area contributed by atoms with Crippen molar-refractivity contribution in [2.75, 3.05) is 31.2 Å². The van der Waals surface area contributed by atoms with Gasteiger partial charge in [0.2, 0.25) is 0 Å². The molecule has 0 atom stereocenters. The zero-order chi connectivity index (χ0) is 12.7. The summed E-state index contributed by atoms with van der Waals surface area (Å²) in [7, 11) is 0. The number of rotatable bonds is 7. The third-order valence-electron chi connectivity index (χ3n) is 2.63. The van der Waals surface area contributed by atoms with Crippen molar-refractivity contribution in [1.82, 2.24) is 0 Å². The van der Waals surface area contributed by atoms with E-state index in [-0.39, 0.29) is 0 Å². The van der Waals surface area contributed by atoms with E-state index in [1.54, 1.807) is 0 Å². The number of ether oxygens (including phenoxy) is 1. The second kappa shape index (κ2) is 7.69. The van der Waals surface area contributed by atoms with E-state index in [2.05, 4.69) is 46.0 Å². The minimum Gasteiger partial charge on any atom is -0.380 e. The predicted molar refractivity (Wildman–Crippen MR) is 76.4 cm³/mol. The molecule has 0 aliphatic heterocycles. The van der Waals surface area contributed by atoms with Crippen molar-refractivity contribution in [3.63, 3.8) is 0 Å². The molecular weight excluding hydrogens is 280 g/mol. The first-order valence-electron chi connectivity index (χ1n) is 6.03. The number of anilines is 1. The highest BCUT2D eigenvalue weighted by molar-refractivity contribution is 9.10. The molecule has 0 radical (unpaired) electrons. The SMILES string of the molecule is CCOCCN(CC)c1cc(Br)cc(CN)c1. The van der Waals surface area contributed by atoms with Crippen LogP contribution in [0.25, 0.3) is 0 Å². The van der Waals surface area contributed by atoms with Crippen molar-refractivity contribution in [1.29, 1.82) is 0 Å². The van der Waals surface area contributed by atoms with Gasteiger partial charge < -0.3 is 15.4 Å². The van der Waals surface area contributed by atoms with Gasteiger partial charge >= 0.3 is 0 Å².